The summed E-state index contributed by atoms with van der Waals surface area (Å²) in [7, 11) is 0. The molecule has 35 heavy (non-hydrogen) atoms. The SMILES string of the molecule is CCOc1ccc(-n2c(SCc3ccc(C(=O)N4CCCC4)cc3)nc3ccccc3c2=O)cc1. The zero-order valence-electron chi connectivity index (χ0n) is 19.6. The number of hydrogen-bond donors (Lipinski definition) is 0. The van der Waals surface area contributed by atoms with Crippen molar-refractivity contribution >= 4 is 28.6 Å². The Labute approximate surface area is 208 Å². The summed E-state index contributed by atoms with van der Waals surface area (Å²) in [4.78, 5) is 32.8. The van der Waals surface area contributed by atoms with E-state index in [0.29, 0.717) is 28.4 Å². The zero-order chi connectivity index (χ0) is 24.2. The molecule has 0 N–H and O–H groups in total. The van der Waals surface area contributed by atoms with Crippen molar-refractivity contribution in [3.8, 4) is 11.4 Å². The Morgan fingerprint density at radius 2 is 1.69 bits per heavy atom. The fourth-order valence-electron chi connectivity index (χ4n) is 4.29. The van der Waals surface area contributed by atoms with E-state index in [1.54, 1.807) is 10.6 Å². The monoisotopic (exact) mass is 485 g/mol. The summed E-state index contributed by atoms with van der Waals surface area (Å²) < 4.78 is 7.22. The summed E-state index contributed by atoms with van der Waals surface area (Å²) in [6.07, 6.45) is 2.16. The summed E-state index contributed by atoms with van der Waals surface area (Å²) in [6, 6.07) is 22.7. The molecule has 0 radical (unpaired) electrons. The van der Waals surface area contributed by atoms with E-state index in [1.807, 2.05) is 78.6 Å². The van der Waals surface area contributed by atoms with Gasteiger partial charge in [-0.15, -0.1) is 0 Å². The lowest BCUT2D eigenvalue weighted by Gasteiger charge is -2.15. The van der Waals surface area contributed by atoms with E-state index in [9.17, 15) is 9.59 Å². The number of thioether (sulfide) groups is 1. The average Bonchev–Trinajstić information content (AvgIpc) is 3.44. The molecule has 1 aromatic heterocycles. The fourth-order valence-corrected chi connectivity index (χ4v) is 5.26. The molecule has 0 spiro atoms. The summed E-state index contributed by atoms with van der Waals surface area (Å²) in [6.45, 7) is 4.20. The predicted octanol–water partition coefficient (Wildman–Crippen LogP) is 5.31. The van der Waals surface area contributed by atoms with E-state index in [0.717, 1.165) is 48.5 Å². The second kappa shape index (κ2) is 10.4. The largest absolute Gasteiger partial charge is 0.494 e. The minimum atomic E-state index is -0.103. The van der Waals surface area contributed by atoms with Gasteiger partial charge in [-0.05, 0) is 73.9 Å². The number of benzene rings is 3. The molecule has 0 atom stereocenters. The maximum absolute atomic E-state index is 13.5. The van der Waals surface area contributed by atoms with E-state index in [1.165, 1.54) is 11.8 Å². The van der Waals surface area contributed by atoms with Crippen molar-refractivity contribution in [1.29, 1.82) is 0 Å². The lowest BCUT2D eigenvalue weighted by Crippen LogP contribution is -2.27. The number of rotatable bonds is 7. The highest BCUT2D eigenvalue weighted by molar-refractivity contribution is 7.98. The summed E-state index contributed by atoms with van der Waals surface area (Å²) >= 11 is 1.50. The van der Waals surface area contributed by atoms with Crippen molar-refractivity contribution in [3.63, 3.8) is 0 Å². The Morgan fingerprint density at radius 1 is 0.971 bits per heavy atom. The number of fused-ring (bicyclic) bond motifs is 1. The van der Waals surface area contributed by atoms with Gasteiger partial charge >= 0.3 is 0 Å². The maximum Gasteiger partial charge on any atom is 0.266 e. The lowest BCUT2D eigenvalue weighted by molar-refractivity contribution is 0.0793. The molecule has 1 saturated heterocycles. The summed E-state index contributed by atoms with van der Waals surface area (Å²) in [5.74, 6) is 1.48. The van der Waals surface area contributed by atoms with Crippen LogP contribution in [0.25, 0.3) is 16.6 Å². The van der Waals surface area contributed by atoms with Crippen LogP contribution < -0.4 is 10.3 Å². The van der Waals surface area contributed by atoms with Crippen LogP contribution in [0.2, 0.25) is 0 Å². The van der Waals surface area contributed by atoms with Gasteiger partial charge in [0, 0.05) is 24.4 Å². The van der Waals surface area contributed by atoms with Gasteiger partial charge in [0.1, 0.15) is 5.75 Å². The Bertz CT molecular complexity index is 1390. The molecular formula is C28H27N3O3S. The van der Waals surface area contributed by atoms with Crippen molar-refractivity contribution in [2.75, 3.05) is 19.7 Å². The molecule has 4 aromatic rings. The van der Waals surface area contributed by atoms with E-state index in [2.05, 4.69) is 0 Å². The van der Waals surface area contributed by atoms with Crippen molar-refractivity contribution in [3.05, 3.63) is 94.3 Å². The smallest absolute Gasteiger partial charge is 0.266 e. The van der Waals surface area contributed by atoms with E-state index in [4.69, 9.17) is 9.72 Å². The van der Waals surface area contributed by atoms with Gasteiger partial charge in [-0.25, -0.2) is 4.98 Å². The van der Waals surface area contributed by atoms with Crippen LogP contribution in [0, 0.1) is 0 Å². The molecule has 0 unspecified atom stereocenters. The third-order valence-electron chi connectivity index (χ3n) is 6.11. The normalized spacial score (nSPS) is 13.3. The Balaban J connectivity index is 1.43. The molecule has 1 aliphatic rings. The molecule has 3 aromatic carbocycles. The molecule has 2 heterocycles. The molecule has 178 valence electrons. The molecule has 1 aliphatic heterocycles. The topological polar surface area (TPSA) is 64.4 Å². The van der Waals surface area contributed by atoms with Crippen LogP contribution >= 0.6 is 11.8 Å². The average molecular weight is 486 g/mol. The van der Waals surface area contributed by atoms with E-state index < -0.39 is 0 Å². The van der Waals surface area contributed by atoms with E-state index in [-0.39, 0.29) is 11.5 Å². The van der Waals surface area contributed by atoms with Gasteiger partial charge in [-0.2, -0.15) is 0 Å². The number of hydrogen-bond acceptors (Lipinski definition) is 5. The highest BCUT2D eigenvalue weighted by Gasteiger charge is 2.19. The lowest BCUT2D eigenvalue weighted by atomic mass is 10.1. The summed E-state index contributed by atoms with van der Waals surface area (Å²) in [5.41, 5.74) is 3.10. The quantitative estimate of drug-likeness (QED) is 0.262. The number of nitrogens with zero attached hydrogens (tertiary/aromatic N) is 3. The Hall–Kier alpha value is -3.58. The van der Waals surface area contributed by atoms with Crippen molar-refractivity contribution in [2.24, 2.45) is 0 Å². The summed E-state index contributed by atoms with van der Waals surface area (Å²) in [5, 5.41) is 1.20. The molecule has 0 aliphatic carbocycles. The second-order valence-electron chi connectivity index (χ2n) is 8.46. The number of ether oxygens (including phenoxy) is 1. The van der Waals surface area contributed by atoms with Crippen molar-refractivity contribution in [2.45, 2.75) is 30.7 Å². The van der Waals surface area contributed by atoms with Crippen molar-refractivity contribution in [1.82, 2.24) is 14.5 Å². The van der Waals surface area contributed by atoms with Gasteiger partial charge in [-0.3, -0.25) is 14.2 Å². The number of likely N-dealkylation sites (tertiary alicyclic amines) is 1. The van der Waals surface area contributed by atoms with Gasteiger partial charge in [0.05, 0.1) is 23.2 Å². The first kappa shape index (κ1) is 23.2. The number of aromatic nitrogens is 2. The van der Waals surface area contributed by atoms with Crippen LogP contribution in [0.5, 0.6) is 5.75 Å². The Kier molecular flexibility index (Phi) is 6.86. The molecule has 1 amide bonds. The first-order valence-corrected chi connectivity index (χ1v) is 12.9. The van der Waals surface area contributed by atoms with Gasteiger partial charge in [0.15, 0.2) is 5.16 Å². The predicted molar refractivity (Wildman–Crippen MR) is 140 cm³/mol. The zero-order valence-corrected chi connectivity index (χ0v) is 20.5. The van der Waals surface area contributed by atoms with Crippen LogP contribution in [0.1, 0.15) is 35.7 Å². The standard InChI is InChI=1S/C28H27N3O3S/c1-2-34-23-15-13-22(14-16-23)31-27(33)24-7-3-4-8-25(24)29-28(31)35-19-20-9-11-21(12-10-20)26(32)30-17-5-6-18-30/h3-4,7-16H,2,5-6,17-19H2,1H3. The Morgan fingerprint density at radius 3 is 2.40 bits per heavy atom. The molecule has 5 rings (SSSR count). The molecule has 0 saturated carbocycles. The van der Waals surface area contributed by atoms with Crippen LogP contribution in [0.3, 0.4) is 0 Å². The number of carbonyl (C=O) groups is 1. The van der Waals surface area contributed by atoms with Crippen LogP contribution in [0.4, 0.5) is 0 Å². The number of carbonyl (C=O) groups excluding carboxylic acids is 1. The molecule has 6 nitrogen and oxygen atoms in total. The molecule has 7 heteroatoms. The van der Waals surface area contributed by atoms with Gasteiger partial charge in [0.25, 0.3) is 11.5 Å². The van der Waals surface area contributed by atoms with Crippen LogP contribution in [0.15, 0.2) is 82.7 Å². The second-order valence-corrected chi connectivity index (χ2v) is 9.41. The highest BCUT2D eigenvalue weighted by atomic mass is 32.2. The molecular weight excluding hydrogens is 458 g/mol. The highest BCUT2D eigenvalue weighted by Crippen LogP contribution is 2.26. The minimum absolute atomic E-state index is 0.0993. The number of para-hydroxylation sites is 1. The number of amides is 1. The first-order chi connectivity index (χ1) is 17.1. The van der Waals surface area contributed by atoms with E-state index >= 15 is 0 Å². The first-order valence-electron chi connectivity index (χ1n) is 11.9. The van der Waals surface area contributed by atoms with Gasteiger partial charge in [0.2, 0.25) is 0 Å². The third-order valence-corrected chi connectivity index (χ3v) is 7.12. The van der Waals surface area contributed by atoms with Gasteiger partial charge in [-0.1, -0.05) is 36.0 Å². The molecule has 0 bridgehead atoms. The minimum Gasteiger partial charge on any atom is -0.494 e. The maximum atomic E-state index is 13.5. The van der Waals surface area contributed by atoms with Crippen LogP contribution in [-0.2, 0) is 5.75 Å². The van der Waals surface area contributed by atoms with Crippen LogP contribution in [-0.4, -0.2) is 40.1 Å². The fraction of sp³-hybridized carbons (Fsp3) is 0.250. The molecule has 1 fully saturated rings. The third kappa shape index (κ3) is 4.95. The van der Waals surface area contributed by atoms with Gasteiger partial charge < -0.3 is 9.64 Å². The van der Waals surface area contributed by atoms with Crippen molar-refractivity contribution < 1.29 is 9.53 Å².